The molecule has 17 nitrogen and oxygen atoms in total. The van der Waals surface area contributed by atoms with Crippen LogP contribution in [0.25, 0.3) is 0 Å². The van der Waals surface area contributed by atoms with Crippen LogP contribution in [0.1, 0.15) is 13.3 Å². The summed E-state index contributed by atoms with van der Waals surface area (Å²) in [7, 11) is 0. The Kier molecular flexibility index (Phi) is 11.7. The highest BCUT2D eigenvalue weighted by Crippen LogP contribution is 2.26. The van der Waals surface area contributed by atoms with Gasteiger partial charge in [-0.2, -0.15) is 0 Å². The van der Waals surface area contributed by atoms with Gasteiger partial charge in [0.25, 0.3) is 5.79 Å². The van der Waals surface area contributed by atoms with Gasteiger partial charge in [0, 0.05) is 6.42 Å². The molecule has 218 valence electrons. The number of aliphatic hydroxyl groups is 12. The van der Waals surface area contributed by atoms with Crippen LogP contribution in [-0.2, 0) is 23.7 Å². The van der Waals surface area contributed by atoms with Crippen LogP contribution in [0.2, 0.25) is 0 Å². The fraction of sp³-hybridized carbons (Fsp3) is 0.950. The van der Waals surface area contributed by atoms with Crippen LogP contribution >= 0.6 is 0 Å². The van der Waals surface area contributed by atoms with E-state index in [4.69, 9.17) is 18.9 Å². The predicted octanol–water partition coefficient (Wildman–Crippen LogP) is -7.63. The lowest BCUT2D eigenvalue weighted by molar-refractivity contribution is -0.333. The zero-order valence-corrected chi connectivity index (χ0v) is 19.7. The molecule has 37 heavy (non-hydrogen) atoms. The van der Waals surface area contributed by atoms with Crippen LogP contribution in [-0.4, -0.2) is 172 Å². The first-order chi connectivity index (χ1) is 17.2. The average molecular weight is 548 g/mol. The standard InChI is InChI=1S/C20H36O17/c1-2-9(23)20(32,33)17(31)10(24)6(22)4-34-18-16(30)14(28)12(26)8(37-18)5-35-19-15(29)13(27)11(25)7(3-21)36-19/h6-8,10-19,21-22,24-33H,2-5H2,1H3/t6-,7-,8-,10-,11-,12-,13+,14+,15-,16-,17+,18+,19+/m1/s1. The number of carbonyl (C=O) groups is 1. The summed E-state index contributed by atoms with van der Waals surface area (Å²) in [6.07, 6.45) is -24.2. The first-order valence-corrected chi connectivity index (χ1v) is 11.4. The van der Waals surface area contributed by atoms with E-state index in [9.17, 15) is 66.1 Å². The van der Waals surface area contributed by atoms with E-state index in [2.05, 4.69) is 0 Å². The van der Waals surface area contributed by atoms with Crippen molar-refractivity contribution in [3.05, 3.63) is 0 Å². The van der Waals surface area contributed by atoms with Crippen molar-refractivity contribution in [3.8, 4) is 0 Å². The van der Waals surface area contributed by atoms with E-state index in [1.807, 2.05) is 0 Å². The molecule has 13 atom stereocenters. The second kappa shape index (κ2) is 13.4. The normalized spacial score (nSPS) is 39.7. The van der Waals surface area contributed by atoms with E-state index in [0.29, 0.717) is 0 Å². The van der Waals surface area contributed by atoms with E-state index in [0.717, 1.165) is 0 Å². The Balaban J connectivity index is 1.98. The second-order valence-electron chi connectivity index (χ2n) is 8.88. The van der Waals surface area contributed by atoms with Gasteiger partial charge in [0.05, 0.1) is 19.8 Å². The molecular weight excluding hydrogens is 512 g/mol. The molecule has 0 saturated carbocycles. The highest BCUT2D eigenvalue weighted by Gasteiger charge is 2.49. The Labute approximate surface area is 210 Å². The summed E-state index contributed by atoms with van der Waals surface area (Å²) in [6, 6.07) is 0. The minimum atomic E-state index is -3.37. The third-order valence-corrected chi connectivity index (χ3v) is 6.23. The van der Waals surface area contributed by atoms with Crippen LogP contribution in [0.5, 0.6) is 0 Å². The fourth-order valence-electron chi connectivity index (χ4n) is 3.75. The molecule has 2 aliphatic rings. The van der Waals surface area contributed by atoms with Gasteiger partial charge in [-0.15, -0.1) is 0 Å². The maximum absolute atomic E-state index is 11.6. The molecule has 2 fully saturated rings. The minimum Gasteiger partial charge on any atom is -0.394 e. The summed E-state index contributed by atoms with van der Waals surface area (Å²) >= 11 is 0. The Morgan fingerprint density at radius 2 is 1.30 bits per heavy atom. The van der Waals surface area contributed by atoms with Gasteiger partial charge < -0.3 is 80.2 Å². The monoisotopic (exact) mass is 548 g/mol. The van der Waals surface area contributed by atoms with E-state index in [-0.39, 0.29) is 0 Å². The second-order valence-corrected chi connectivity index (χ2v) is 8.88. The molecular formula is C20H36O17. The van der Waals surface area contributed by atoms with Gasteiger partial charge in [-0.05, 0) is 0 Å². The first-order valence-electron chi connectivity index (χ1n) is 11.4. The van der Waals surface area contributed by atoms with Crippen molar-refractivity contribution in [2.24, 2.45) is 0 Å². The molecule has 0 spiro atoms. The van der Waals surface area contributed by atoms with E-state index >= 15 is 0 Å². The summed E-state index contributed by atoms with van der Waals surface area (Å²) in [6.45, 7) is -1.04. The first kappa shape index (κ1) is 32.2. The van der Waals surface area contributed by atoms with Crippen molar-refractivity contribution in [3.63, 3.8) is 0 Å². The van der Waals surface area contributed by atoms with Gasteiger partial charge in [-0.3, -0.25) is 4.79 Å². The Hall–Kier alpha value is -0.970. The Morgan fingerprint density at radius 3 is 1.81 bits per heavy atom. The highest BCUT2D eigenvalue weighted by molar-refractivity contribution is 5.85. The minimum absolute atomic E-state index is 0.404. The van der Waals surface area contributed by atoms with Crippen LogP contribution in [0, 0.1) is 0 Å². The molecule has 0 radical (unpaired) electrons. The summed E-state index contributed by atoms with van der Waals surface area (Å²) in [5.74, 6) is -4.61. The van der Waals surface area contributed by atoms with Gasteiger partial charge in [-0.1, -0.05) is 6.92 Å². The summed E-state index contributed by atoms with van der Waals surface area (Å²) in [5.41, 5.74) is 0. The van der Waals surface area contributed by atoms with Gasteiger partial charge in [0.2, 0.25) is 0 Å². The third kappa shape index (κ3) is 7.17. The molecule has 0 bridgehead atoms. The van der Waals surface area contributed by atoms with E-state index in [1.165, 1.54) is 6.92 Å². The SMILES string of the molecule is CCC(=O)C(O)(O)[C@@H](O)[C@H](O)[C@H](O)CO[C@H]1O[C@H](CO[C@H]2O[C@H](CO)[C@@H](O)[C@H](O)[C@H]2O)[C@@H](O)[C@H](O)[C@H]1O. The molecule has 12 N–H and O–H groups in total. The lowest BCUT2D eigenvalue weighted by Crippen LogP contribution is -2.62. The van der Waals surface area contributed by atoms with E-state index < -0.39 is 118 Å². The number of ether oxygens (including phenoxy) is 4. The van der Waals surface area contributed by atoms with E-state index in [1.54, 1.807) is 0 Å². The van der Waals surface area contributed by atoms with Crippen LogP contribution in [0.4, 0.5) is 0 Å². The molecule has 0 aromatic carbocycles. The smallest absolute Gasteiger partial charge is 0.253 e. The maximum atomic E-state index is 11.6. The summed E-state index contributed by atoms with van der Waals surface area (Å²) in [4.78, 5) is 11.6. The highest BCUT2D eigenvalue weighted by atomic mass is 16.7. The number of hydrogen-bond donors (Lipinski definition) is 12. The third-order valence-electron chi connectivity index (χ3n) is 6.23. The van der Waals surface area contributed by atoms with Crippen molar-refractivity contribution in [1.29, 1.82) is 0 Å². The topological polar surface area (TPSA) is 297 Å². The molecule has 0 aromatic heterocycles. The Bertz CT molecular complexity index is 721. The number of rotatable bonds is 12. The molecule has 0 aromatic rings. The number of carbonyl (C=O) groups excluding carboxylic acids is 1. The number of aliphatic hydroxyl groups excluding tert-OH is 10. The lowest BCUT2D eigenvalue weighted by atomic mass is 9.95. The van der Waals surface area contributed by atoms with Crippen molar-refractivity contribution < 1.29 is 85.0 Å². The lowest BCUT2D eigenvalue weighted by Gasteiger charge is -2.42. The van der Waals surface area contributed by atoms with Crippen molar-refractivity contribution in [2.45, 2.75) is 98.9 Å². The van der Waals surface area contributed by atoms with Crippen LogP contribution < -0.4 is 0 Å². The van der Waals surface area contributed by atoms with Gasteiger partial charge in [0.1, 0.15) is 67.1 Å². The number of hydrogen-bond acceptors (Lipinski definition) is 17. The fourth-order valence-corrected chi connectivity index (χ4v) is 3.75. The van der Waals surface area contributed by atoms with Crippen molar-refractivity contribution in [1.82, 2.24) is 0 Å². The predicted molar refractivity (Wildman–Crippen MR) is 113 cm³/mol. The maximum Gasteiger partial charge on any atom is 0.253 e. The van der Waals surface area contributed by atoms with Crippen molar-refractivity contribution >= 4 is 5.78 Å². The molecule has 0 aliphatic carbocycles. The number of Topliss-reactive ketones (excluding diaryl/α,β-unsaturated/α-hetero) is 1. The van der Waals surface area contributed by atoms with Crippen LogP contribution in [0.15, 0.2) is 0 Å². The largest absolute Gasteiger partial charge is 0.394 e. The summed E-state index contributed by atoms with van der Waals surface area (Å²) in [5, 5.41) is 119. The quantitative estimate of drug-likeness (QED) is 0.101. The molecule has 2 saturated heterocycles. The molecule has 0 amide bonds. The zero-order chi connectivity index (χ0) is 28.2. The molecule has 0 unspecified atom stereocenters. The van der Waals surface area contributed by atoms with Gasteiger partial charge in [0.15, 0.2) is 18.4 Å². The van der Waals surface area contributed by atoms with Gasteiger partial charge >= 0.3 is 0 Å². The molecule has 2 heterocycles. The number of ketones is 1. The zero-order valence-electron chi connectivity index (χ0n) is 19.7. The summed E-state index contributed by atoms with van der Waals surface area (Å²) < 4.78 is 20.8. The molecule has 17 heteroatoms. The average Bonchev–Trinajstić information content (AvgIpc) is 2.88. The molecule has 2 rings (SSSR count). The van der Waals surface area contributed by atoms with Crippen molar-refractivity contribution in [2.75, 3.05) is 19.8 Å². The van der Waals surface area contributed by atoms with Crippen LogP contribution in [0.3, 0.4) is 0 Å². The molecule has 2 aliphatic heterocycles. The Morgan fingerprint density at radius 1 is 0.811 bits per heavy atom. The van der Waals surface area contributed by atoms with Gasteiger partial charge in [-0.25, -0.2) is 0 Å².